The molecule has 0 unspecified atom stereocenters. The molecule has 0 aliphatic heterocycles. The highest BCUT2D eigenvalue weighted by Crippen LogP contribution is 2.43. The smallest absolute Gasteiger partial charge is 0.307 e. The molecule has 7 heteroatoms. The van der Waals surface area contributed by atoms with Crippen LogP contribution < -0.4 is 4.87 Å². The zero-order valence-electron chi connectivity index (χ0n) is 16.1. The molecule has 1 aliphatic carbocycles. The number of benzene rings is 1. The molecule has 1 aromatic carbocycles. The van der Waals surface area contributed by atoms with Gasteiger partial charge in [-0.3, -0.25) is 19.2 Å². The average Bonchev–Trinajstić information content (AvgIpc) is 2.88. The summed E-state index contributed by atoms with van der Waals surface area (Å²) >= 11 is 1.08. The number of fused-ring (bicyclic) bond motifs is 1. The summed E-state index contributed by atoms with van der Waals surface area (Å²) in [6, 6.07) is 3.27. The van der Waals surface area contributed by atoms with Gasteiger partial charge in [-0.1, -0.05) is 11.3 Å². The molecule has 3 rings (SSSR count). The van der Waals surface area contributed by atoms with Crippen molar-refractivity contribution >= 4 is 44.7 Å². The Kier molecular flexibility index (Phi) is 4.08. The van der Waals surface area contributed by atoms with Crippen LogP contribution >= 0.6 is 11.3 Å². The number of rotatable bonds is 1. The fourth-order valence-corrected chi connectivity index (χ4v) is 4.69. The number of allylic oxidation sites excluding steroid dienone is 1. The van der Waals surface area contributed by atoms with Crippen LogP contribution in [0.3, 0.4) is 0 Å². The summed E-state index contributed by atoms with van der Waals surface area (Å²) in [5.74, 6) is -2.29. The molecule has 0 atom stereocenters. The van der Waals surface area contributed by atoms with Crippen molar-refractivity contribution in [3.63, 3.8) is 0 Å². The molecule has 0 radical (unpaired) electrons. The minimum absolute atomic E-state index is 0.143. The van der Waals surface area contributed by atoms with Crippen LogP contribution in [0.25, 0.3) is 16.0 Å². The summed E-state index contributed by atoms with van der Waals surface area (Å²) < 4.78 is 2.22. The Labute approximate surface area is 160 Å². The Bertz CT molecular complexity index is 1100. The zero-order chi connectivity index (χ0) is 20.5. The maximum Gasteiger partial charge on any atom is 0.307 e. The van der Waals surface area contributed by atoms with E-state index < -0.39 is 33.9 Å². The molecule has 0 bridgehead atoms. The lowest BCUT2D eigenvalue weighted by molar-refractivity contribution is -0.151. The number of aliphatic hydroxyl groups excluding tert-OH is 1. The van der Waals surface area contributed by atoms with Crippen molar-refractivity contribution in [1.29, 1.82) is 0 Å². The molecule has 1 aromatic heterocycles. The van der Waals surface area contributed by atoms with E-state index in [2.05, 4.69) is 0 Å². The van der Waals surface area contributed by atoms with Crippen molar-refractivity contribution in [2.24, 2.45) is 17.9 Å². The van der Waals surface area contributed by atoms with E-state index >= 15 is 0 Å². The normalized spacial score (nSPS) is 19.0. The van der Waals surface area contributed by atoms with Crippen LogP contribution in [0.5, 0.6) is 0 Å². The first-order chi connectivity index (χ1) is 12.3. The SMILES string of the molecule is Cc1c(C(O)=C2C(=O)C(C)(C)C(=O)C(C)(C)C2=O)ccc2sc(=O)n(C)c12. The number of Topliss-reactive ketones (excluding diaryl/α,β-unsaturated/α-hetero) is 3. The molecule has 0 amide bonds. The van der Waals surface area contributed by atoms with Gasteiger partial charge in [-0.15, -0.1) is 0 Å². The topological polar surface area (TPSA) is 93.4 Å². The molecule has 0 saturated heterocycles. The summed E-state index contributed by atoms with van der Waals surface area (Å²) in [5, 5.41) is 10.9. The molecule has 6 nitrogen and oxygen atoms in total. The van der Waals surface area contributed by atoms with Crippen molar-refractivity contribution < 1.29 is 19.5 Å². The molecule has 2 aromatic rings. The van der Waals surface area contributed by atoms with Crippen LogP contribution in [0.1, 0.15) is 38.8 Å². The summed E-state index contributed by atoms with van der Waals surface area (Å²) in [7, 11) is 1.63. The second kappa shape index (κ2) is 5.73. The summed E-state index contributed by atoms with van der Waals surface area (Å²) in [5.41, 5.74) is -1.64. The van der Waals surface area contributed by atoms with Gasteiger partial charge in [0, 0.05) is 12.6 Å². The Morgan fingerprint density at radius 2 is 1.52 bits per heavy atom. The van der Waals surface area contributed by atoms with E-state index in [1.54, 1.807) is 26.1 Å². The average molecular weight is 387 g/mol. The number of aryl methyl sites for hydroxylation is 2. The van der Waals surface area contributed by atoms with E-state index in [0.717, 1.165) is 16.0 Å². The fraction of sp³-hybridized carbons (Fsp3) is 0.400. The number of aromatic nitrogens is 1. The van der Waals surface area contributed by atoms with Crippen LogP contribution in [0.2, 0.25) is 0 Å². The van der Waals surface area contributed by atoms with Gasteiger partial charge in [-0.25, -0.2) is 0 Å². The molecule has 1 fully saturated rings. The lowest BCUT2D eigenvalue weighted by atomic mass is 9.60. The van der Waals surface area contributed by atoms with Gasteiger partial charge >= 0.3 is 4.87 Å². The van der Waals surface area contributed by atoms with Gasteiger partial charge in [0.1, 0.15) is 11.3 Å². The number of aliphatic hydroxyl groups is 1. The van der Waals surface area contributed by atoms with Crippen molar-refractivity contribution in [3.8, 4) is 0 Å². The van der Waals surface area contributed by atoms with Crippen molar-refractivity contribution in [3.05, 3.63) is 38.5 Å². The lowest BCUT2D eigenvalue weighted by Crippen LogP contribution is -2.54. The van der Waals surface area contributed by atoms with Crippen molar-refractivity contribution in [2.75, 3.05) is 0 Å². The monoisotopic (exact) mass is 387 g/mol. The molecular weight excluding hydrogens is 366 g/mol. The van der Waals surface area contributed by atoms with Gasteiger partial charge in [0.25, 0.3) is 0 Å². The highest BCUT2D eigenvalue weighted by Gasteiger charge is 2.56. The minimum Gasteiger partial charge on any atom is -0.506 e. The second-order valence-electron chi connectivity index (χ2n) is 7.97. The van der Waals surface area contributed by atoms with Gasteiger partial charge in [-0.05, 0) is 52.3 Å². The molecule has 1 heterocycles. The highest BCUT2D eigenvalue weighted by molar-refractivity contribution is 7.16. The first-order valence-electron chi connectivity index (χ1n) is 8.50. The van der Waals surface area contributed by atoms with Gasteiger partial charge < -0.3 is 9.67 Å². The second-order valence-corrected chi connectivity index (χ2v) is 8.97. The van der Waals surface area contributed by atoms with E-state index in [4.69, 9.17) is 0 Å². The van der Waals surface area contributed by atoms with Crippen LogP contribution in [0.15, 0.2) is 22.5 Å². The molecule has 1 saturated carbocycles. The van der Waals surface area contributed by atoms with Gasteiger partial charge in [-0.2, -0.15) is 0 Å². The standard InChI is InChI=1S/C20H21NO5S/c1-9-10(7-8-11-13(9)21(6)18(26)27-11)14(22)12-15(23)19(2,3)17(25)20(4,5)16(12)24/h7-8,22H,1-6H3. The number of thiazole rings is 1. The third-order valence-corrected chi connectivity index (χ3v) is 6.42. The molecule has 1 N–H and O–H groups in total. The number of nitrogens with zero attached hydrogens (tertiary/aromatic N) is 1. The molecule has 1 aliphatic rings. The Morgan fingerprint density at radius 1 is 1.00 bits per heavy atom. The Hall–Kier alpha value is -2.54. The Balaban J connectivity index is 2.34. The first-order valence-corrected chi connectivity index (χ1v) is 9.32. The number of ketones is 3. The Morgan fingerprint density at radius 3 is 2.04 bits per heavy atom. The minimum atomic E-state index is -1.41. The number of carbonyl (C=O) groups is 3. The van der Waals surface area contributed by atoms with E-state index in [1.165, 1.54) is 32.3 Å². The van der Waals surface area contributed by atoms with Crippen molar-refractivity contribution in [1.82, 2.24) is 4.57 Å². The predicted molar refractivity (Wildman–Crippen MR) is 104 cm³/mol. The predicted octanol–water partition coefficient (Wildman–Crippen LogP) is 2.95. The molecule has 27 heavy (non-hydrogen) atoms. The summed E-state index contributed by atoms with van der Waals surface area (Å²) in [4.78, 5) is 50.2. The molecule has 142 valence electrons. The first kappa shape index (κ1) is 19.2. The van der Waals surface area contributed by atoms with E-state index in [9.17, 15) is 24.3 Å². The summed E-state index contributed by atoms with van der Waals surface area (Å²) in [6.07, 6.45) is 0. The van der Waals surface area contributed by atoms with E-state index in [0.29, 0.717) is 16.6 Å². The maximum absolute atomic E-state index is 12.9. The van der Waals surface area contributed by atoms with E-state index in [1.807, 2.05) is 0 Å². The van der Waals surface area contributed by atoms with Gasteiger partial charge in [0.15, 0.2) is 17.3 Å². The number of hydrogen-bond donors (Lipinski definition) is 1. The van der Waals surface area contributed by atoms with Crippen LogP contribution in [0, 0.1) is 17.8 Å². The van der Waals surface area contributed by atoms with Crippen LogP contribution in [0.4, 0.5) is 0 Å². The fourth-order valence-electron chi connectivity index (χ4n) is 3.75. The molecular formula is C20H21NO5S. The van der Waals surface area contributed by atoms with Crippen LogP contribution in [-0.2, 0) is 21.4 Å². The van der Waals surface area contributed by atoms with Gasteiger partial charge in [0.05, 0.1) is 21.0 Å². The van der Waals surface area contributed by atoms with E-state index in [-0.39, 0.29) is 10.4 Å². The highest BCUT2D eigenvalue weighted by atomic mass is 32.1. The largest absolute Gasteiger partial charge is 0.506 e. The van der Waals surface area contributed by atoms with Crippen LogP contribution in [-0.4, -0.2) is 27.0 Å². The third kappa shape index (κ3) is 2.45. The zero-order valence-corrected chi connectivity index (χ0v) is 16.9. The molecule has 0 spiro atoms. The number of hydrogen-bond acceptors (Lipinski definition) is 6. The van der Waals surface area contributed by atoms with Crippen molar-refractivity contribution in [2.45, 2.75) is 34.6 Å². The van der Waals surface area contributed by atoms with Gasteiger partial charge in [0.2, 0.25) is 0 Å². The summed E-state index contributed by atoms with van der Waals surface area (Å²) in [6.45, 7) is 7.60. The number of carbonyl (C=O) groups excluding carboxylic acids is 3. The maximum atomic E-state index is 12.9. The third-order valence-electron chi connectivity index (χ3n) is 5.42. The lowest BCUT2D eigenvalue weighted by Gasteiger charge is -2.37. The quantitative estimate of drug-likeness (QED) is 0.351.